The number of halogens is 1. The minimum Gasteiger partial charge on any atom is -0.491 e. The van der Waals surface area contributed by atoms with Crippen LogP contribution in [-0.4, -0.2) is 11.9 Å². The standard InChI is InChI=1S/C16H16ClNO2/c1-10(2)20-13-5-3-4-11(8-13)16(19)14-7-6-12(17)9-15(14)18/h3-10H,18H2,1-2H3. The molecule has 0 aliphatic rings. The van der Waals surface area contributed by atoms with Crippen molar-refractivity contribution in [1.82, 2.24) is 0 Å². The zero-order valence-electron chi connectivity index (χ0n) is 11.4. The minimum absolute atomic E-state index is 0.0564. The smallest absolute Gasteiger partial charge is 0.195 e. The van der Waals surface area contributed by atoms with Crippen molar-refractivity contribution in [3.8, 4) is 5.75 Å². The van der Waals surface area contributed by atoms with Crippen LogP contribution in [0.1, 0.15) is 29.8 Å². The number of nitrogens with two attached hydrogens (primary N) is 1. The third-order valence-electron chi connectivity index (χ3n) is 2.73. The van der Waals surface area contributed by atoms with Gasteiger partial charge in [0.25, 0.3) is 0 Å². The van der Waals surface area contributed by atoms with Crippen molar-refractivity contribution in [2.75, 3.05) is 5.73 Å². The molecule has 104 valence electrons. The molecule has 0 fully saturated rings. The number of ketones is 1. The Bertz CT molecular complexity index is 638. The average molecular weight is 290 g/mol. The Balaban J connectivity index is 2.33. The predicted molar refractivity (Wildman–Crippen MR) is 81.5 cm³/mol. The second-order valence-corrected chi connectivity index (χ2v) is 5.19. The van der Waals surface area contributed by atoms with Crippen molar-refractivity contribution in [1.29, 1.82) is 0 Å². The third-order valence-corrected chi connectivity index (χ3v) is 2.96. The molecular weight excluding hydrogens is 274 g/mol. The van der Waals surface area contributed by atoms with E-state index in [1.165, 1.54) is 0 Å². The number of nitrogen functional groups attached to an aromatic ring is 1. The molecule has 0 aliphatic carbocycles. The van der Waals surface area contributed by atoms with E-state index in [0.29, 0.717) is 27.6 Å². The van der Waals surface area contributed by atoms with Crippen molar-refractivity contribution in [3.05, 3.63) is 58.6 Å². The van der Waals surface area contributed by atoms with Crippen LogP contribution in [0.4, 0.5) is 5.69 Å². The van der Waals surface area contributed by atoms with Gasteiger partial charge in [-0.1, -0.05) is 23.7 Å². The summed E-state index contributed by atoms with van der Waals surface area (Å²) in [6, 6.07) is 11.9. The van der Waals surface area contributed by atoms with Gasteiger partial charge in [0.2, 0.25) is 0 Å². The van der Waals surface area contributed by atoms with Gasteiger partial charge in [-0.2, -0.15) is 0 Å². The molecule has 0 aliphatic heterocycles. The Morgan fingerprint density at radius 1 is 1.20 bits per heavy atom. The molecular formula is C16H16ClNO2. The van der Waals surface area contributed by atoms with E-state index in [1.54, 1.807) is 36.4 Å². The van der Waals surface area contributed by atoms with Gasteiger partial charge in [0, 0.05) is 21.8 Å². The average Bonchev–Trinajstić information content (AvgIpc) is 2.37. The highest BCUT2D eigenvalue weighted by Gasteiger charge is 2.13. The highest BCUT2D eigenvalue weighted by molar-refractivity contribution is 6.31. The van der Waals surface area contributed by atoms with Gasteiger partial charge in [0.05, 0.1) is 6.10 Å². The topological polar surface area (TPSA) is 52.3 Å². The first-order valence-corrected chi connectivity index (χ1v) is 6.71. The van der Waals surface area contributed by atoms with Gasteiger partial charge < -0.3 is 10.5 Å². The van der Waals surface area contributed by atoms with E-state index in [9.17, 15) is 4.79 Å². The highest BCUT2D eigenvalue weighted by Crippen LogP contribution is 2.23. The van der Waals surface area contributed by atoms with E-state index in [-0.39, 0.29) is 11.9 Å². The lowest BCUT2D eigenvalue weighted by Gasteiger charge is -2.11. The number of anilines is 1. The highest BCUT2D eigenvalue weighted by atomic mass is 35.5. The number of rotatable bonds is 4. The monoisotopic (exact) mass is 289 g/mol. The molecule has 3 nitrogen and oxygen atoms in total. The summed E-state index contributed by atoms with van der Waals surface area (Å²) < 4.78 is 5.59. The predicted octanol–water partition coefficient (Wildman–Crippen LogP) is 3.94. The first-order chi connectivity index (χ1) is 9.47. The molecule has 0 atom stereocenters. The van der Waals surface area contributed by atoms with Crippen LogP contribution in [0.2, 0.25) is 5.02 Å². The van der Waals surface area contributed by atoms with Crippen LogP contribution in [-0.2, 0) is 0 Å². The van der Waals surface area contributed by atoms with Gasteiger partial charge in [-0.05, 0) is 44.2 Å². The lowest BCUT2D eigenvalue weighted by Crippen LogP contribution is -2.08. The van der Waals surface area contributed by atoms with E-state index in [2.05, 4.69) is 0 Å². The molecule has 4 heteroatoms. The van der Waals surface area contributed by atoms with Gasteiger partial charge in [0.15, 0.2) is 5.78 Å². The zero-order valence-corrected chi connectivity index (χ0v) is 12.1. The fourth-order valence-corrected chi connectivity index (χ4v) is 2.06. The second kappa shape index (κ2) is 5.97. The molecule has 0 heterocycles. The minimum atomic E-state index is -0.145. The van der Waals surface area contributed by atoms with Gasteiger partial charge >= 0.3 is 0 Å². The maximum atomic E-state index is 12.4. The fourth-order valence-electron chi connectivity index (χ4n) is 1.88. The van der Waals surface area contributed by atoms with Gasteiger partial charge in [0.1, 0.15) is 5.75 Å². The van der Waals surface area contributed by atoms with Crippen molar-refractivity contribution in [2.45, 2.75) is 20.0 Å². The number of hydrogen-bond donors (Lipinski definition) is 1. The fraction of sp³-hybridized carbons (Fsp3) is 0.188. The third kappa shape index (κ3) is 3.31. The Morgan fingerprint density at radius 2 is 1.95 bits per heavy atom. The molecule has 0 saturated carbocycles. The van der Waals surface area contributed by atoms with Crippen molar-refractivity contribution in [2.24, 2.45) is 0 Å². The van der Waals surface area contributed by atoms with E-state index in [1.807, 2.05) is 19.9 Å². The van der Waals surface area contributed by atoms with E-state index < -0.39 is 0 Å². The Hall–Kier alpha value is -2.00. The van der Waals surface area contributed by atoms with E-state index >= 15 is 0 Å². The molecule has 0 amide bonds. The molecule has 2 rings (SSSR count). The van der Waals surface area contributed by atoms with Crippen molar-refractivity contribution < 1.29 is 9.53 Å². The Labute approximate surface area is 123 Å². The normalized spacial score (nSPS) is 10.6. The van der Waals surface area contributed by atoms with Crippen LogP contribution in [0.3, 0.4) is 0 Å². The summed E-state index contributed by atoms with van der Waals surface area (Å²) in [7, 11) is 0. The molecule has 0 aromatic heterocycles. The van der Waals surface area contributed by atoms with Crippen molar-refractivity contribution >= 4 is 23.1 Å². The Kier molecular flexibility index (Phi) is 4.30. The molecule has 2 aromatic carbocycles. The number of carbonyl (C=O) groups excluding carboxylic acids is 1. The number of ether oxygens (including phenoxy) is 1. The summed E-state index contributed by atoms with van der Waals surface area (Å²) >= 11 is 5.84. The van der Waals surface area contributed by atoms with Crippen LogP contribution in [0.25, 0.3) is 0 Å². The SMILES string of the molecule is CC(C)Oc1cccc(C(=O)c2ccc(Cl)cc2N)c1. The largest absolute Gasteiger partial charge is 0.491 e. The molecule has 2 N–H and O–H groups in total. The summed E-state index contributed by atoms with van der Waals surface area (Å²) in [4.78, 5) is 12.4. The first-order valence-electron chi connectivity index (χ1n) is 6.34. The van der Waals surface area contributed by atoms with Crippen LogP contribution in [0.5, 0.6) is 5.75 Å². The maximum absolute atomic E-state index is 12.4. The number of benzene rings is 2. The zero-order chi connectivity index (χ0) is 14.7. The van der Waals surface area contributed by atoms with Crippen LogP contribution < -0.4 is 10.5 Å². The molecule has 0 spiro atoms. The second-order valence-electron chi connectivity index (χ2n) is 4.76. The van der Waals surface area contributed by atoms with Crippen molar-refractivity contribution in [3.63, 3.8) is 0 Å². The number of hydrogen-bond acceptors (Lipinski definition) is 3. The lowest BCUT2D eigenvalue weighted by molar-refractivity contribution is 0.103. The molecule has 20 heavy (non-hydrogen) atoms. The summed E-state index contributed by atoms with van der Waals surface area (Å²) in [6.45, 7) is 3.87. The summed E-state index contributed by atoms with van der Waals surface area (Å²) in [5.41, 5.74) is 7.19. The first kappa shape index (κ1) is 14.4. The lowest BCUT2D eigenvalue weighted by atomic mass is 10.0. The summed E-state index contributed by atoms with van der Waals surface area (Å²) in [5.74, 6) is 0.520. The van der Waals surface area contributed by atoms with Crippen LogP contribution in [0, 0.1) is 0 Å². The molecule has 0 saturated heterocycles. The quantitative estimate of drug-likeness (QED) is 0.685. The summed E-state index contributed by atoms with van der Waals surface area (Å²) in [6.07, 6.45) is 0.0564. The maximum Gasteiger partial charge on any atom is 0.195 e. The van der Waals surface area contributed by atoms with Gasteiger partial charge in [-0.3, -0.25) is 4.79 Å². The Morgan fingerprint density at radius 3 is 2.60 bits per heavy atom. The van der Waals surface area contributed by atoms with Gasteiger partial charge in [-0.25, -0.2) is 0 Å². The van der Waals surface area contributed by atoms with E-state index in [0.717, 1.165) is 0 Å². The number of carbonyl (C=O) groups is 1. The summed E-state index contributed by atoms with van der Waals surface area (Å²) in [5, 5.41) is 0.510. The van der Waals surface area contributed by atoms with Gasteiger partial charge in [-0.15, -0.1) is 0 Å². The molecule has 2 aromatic rings. The molecule has 0 bridgehead atoms. The molecule has 0 unspecified atom stereocenters. The van der Waals surface area contributed by atoms with Crippen LogP contribution in [0.15, 0.2) is 42.5 Å². The van der Waals surface area contributed by atoms with Crippen LogP contribution >= 0.6 is 11.6 Å². The van der Waals surface area contributed by atoms with E-state index in [4.69, 9.17) is 22.1 Å². The molecule has 0 radical (unpaired) electrons.